The Hall–Kier alpha value is -1.42. The van der Waals surface area contributed by atoms with Crippen molar-refractivity contribution in [3.8, 4) is 0 Å². The molecular formula is C21H34FIN4O2. The van der Waals surface area contributed by atoms with Gasteiger partial charge in [0, 0.05) is 26.7 Å². The van der Waals surface area contributed by atoms with E-state index in [9.17, 15) is 9.18 Å². The fraction of sp³-hybridized carbons (Fsp3) is 0.619. The Kier molecular flexibility index (Phi) is 13.6. The van der Waals surface area contributed by atoms with Crippen LogP contribution >= 0.6 is 24.0 Å². The fourth-order valence-corrected chi connectivity index (χ4v) is 3.30. The molecule has 6 nitrogen and oxygen atoms in total. The van der Waals surface area contributed by atoms with Crippen molar-refractivity contribution in [2.24, 2.45) is 4.99 Å². The van der Waals surface area contributed by atoms with Crippen LogP contribution in [0.15, 0.2) is 29.3 Å². The van der Waals surface area contributed by atoms with E-state index in [-0.39, 0.29) is 42.1 Å². The summed E-state index contributed by atoms with van der Waals surface area (Å²) in [7, 11) is 1.71. The minimum atomic E-state index is -0.329. The lowest BCUT2D eigenvalue weighted by Crippen LogP contribution is -2.42. The van der Waals surface area contributed by atoms with E-state index in [1.807, 2.05) is 0 Å². The second kappa shape index (κ2) is 15.4. The van der Waals surface area contributed by atoms with Crippen LogP contribution in [0, 0.1) is 5.82 Å². The summed E-state index contributed by atoms with van der Waals surface area (Å²) in [6.45, 7) is 2.38. The molecule has 2 rings (SSSR count). The average Bonchev–Trinajstić information content (AvgIpc) is 2.95. The van der Waals surface area contributed by atoms with Gasteiger partial charge in [-0.3, -0.25) is 9.79 Å². The Morgan fingerprint density at radius 2 is 1.79 bits per heavy atom. The predicted octanol–water partition coefficient (Wildman–Crippen LogP) is 3.01. The molecule has 1 amide bonds. The third-order valence-corrected chi connectivity index (χ3v) is 4.77. The van der Waals surface area contributed by atoms with Crippen molar-refractivity contribution < 1.29 is 13.9 Å². The lowest BCUT2D eigenvalue weighted by Gasteiger charge is -2.17. The van der Waals surface area contributed by atoms with Crippen LogP contribution in [0.1, 0.15) is 44.1 Å². The maximum absolute atomic E-state index is 13.1. The first kappa shape index (κ1) is 25.6. The molecule has 29 heavy (non-hydrogen) atoms. The fourth-order valence-electron chi connectivity index (χ4n) is 3.30. The summed E-state index contributed by atoms with van der Waals surface area (Å²) in [6.07, 6.45) is 8.10. The van der Waals surface area contributed by atoms with E-state index < -0.39 is 0 Å². The number of hydrogen-bond acceptors (Lipinski definition) is 3. The summed E-state index contributed by atoms with van der Waals surface area (Å²) in [5.74, 6) is 0.223. The number of hydrogen-bond donors (Lipinski definition) is 3. The first-order chi connectivity index (χ1) is 13.7. The maximum atomic E-state index is 13.1. The van der Waals surface area contributed by atoms with Gasteiger partial charge in [-0.15, -0.1) is 24.0 Å². The quantitative estimate of drug-likeness (QED) is 0.154. The molecule has 0 atom stereocenters. The van der Waals surface area contributed by atoms with Crippen LogP contribution in [0.3, 0.4) is 0 Å². The van der Waals surface area contributed by atoms with Crippen molar-refractivity contribution in [2.45, 2.75) is 51.0 Å². The predicted molar refractivity (Wildman–Crippen MR) is 125 cm³/mol. The number of rotatable bonds is 9. The van der Waals surface area contributed by atoms with Crippen LogP contribution in [0.2, 0.25) is 0 Å². The zero-order valence-corrected chi connectivity index (χ0v) is 19.5. The van der Waals surface area contributed by atoms with Crippen LogP contribution in [0.5, 0.6) is 0 Å². The molecule has 0 aromatic heterocycles. The van der Waals surface area contributed by atoms with Crippen molar-refractivity contribution in [1.82, 2.24) is 16.0 Å². The summed E-state index contributed by atoms with van der Waals surface area (Å²) in [5.41, 5.74) is 0.664. The van der Waals surface area contributed by atoms with E-state index >= 15 is 0 Å². The number of benzene rings is 1. The van der Waals surface area contributed by atoms with Gasteiger partial charge in [-0.1, -0.05) is 37.8 Å². The number of guanidine groups is 1. The summed E-state index contributed by atoms with van der Waals surface area (Å²) in [5, 5.41) is 9.19. The molecule has 0 heterocycles. The van der Waals surface area contributed by atoms with Crippen LogP contribution in [0.4, 0.5) is 4.39 Å². The first-order valence-corrected chi connectivity index (χ1v) is 10.2. The normalized spacial score (nSPS) is 15.2. The molecule has 1 aromatic carbocycles. The monoisotopic (exact) mass is 520 g/mol. The SMILES string of the molecule is CN=C(NCCNC(=O)Cc1cccc(F)c1)NCCOC1CCCCCC1.I. The Balaban J connectivity index is 0.00000420. The minimum absolute atomic E-state index is 0. The molecule has 0 unspecified atom stereocenters. The van der Waals surface area contributed by atoms with Gasteiger partial charge in [-0.2, -0.15) is 0 Å². The van der Waals surface area contributed by atoms with E-state index in [1.165, 1.54) is 50.7 Å². The molecule has 0 spiro atoms. The molecule has 0 bridgehead atoms. The molecule has 3 N–H and O–H groups in total. The Morgan fingerprint density at radius 1 is 1.10 bits per heavy atom. The number of carbonyl (C=O) groups excluding carboxylic acids is 1. The largest absolute Gasteiger partial charge is 0.376 e. The molecule has 0 aliphatic heterocycles. The number of aliphatic imine (C=N–C) groups is 1. The zero-order chi connectivity index (χ0) is 20.0. The molecule has 1 aliphatic rings. The van der Waals surface area contributed by atoms with Crippen molar-refractivity contribution in [1.29, 1.82) is 0 Å². The highest BCUT2D eigenvalue weighted by molar-refractivity contribution is 14.0. The number of ether oxygens (including phenoxy) is 1. The standard InChI is InChI=1S/C21H33FN4O2.HI/c1-23-21(26-13-14-28-19-9-4-2-3-5-10-19)25-12-11-24-20(27)16-17-7-6-8-18(22)15-17;/h6-8,15,19H,2-5,9-14,16H2,1H3,(H,24,27)(H2,23,25,26);1H. The van der Waals surface area contributed by atoms with Crippen LogP contribution in [-0.2, 0) is 16.0 Å². The number of nitrogens with one attached hydrogen (secondary N) is 3. The van der Waals surface area contributed by atoms with Gasteiger partial charge in [0.05, 0.1) is 19.1 Å². The van der Waals surface area contributed by atoms with Crippen molar-refractivity contribution in [3.05, 3.63) is 35.6 Å². The van der Waals surface area contributed by atoms with Gasteiger partial charge in [-0.25, -0.2) is 4.39 Å². The summed E-state index contributed by atoms with van der Waals surface area (Å²) >= 11 is 0. The molecular weight excluding hydrogens is 486 g/mol. The highest BCUT2D eigenvalue weighted by atomic mass is 127. The number of halogens is 2. The second-order valence-corrected chi connectivity index (χ2v) is 7.07. The number of amides is 1. The highest BCUT2D eigenvalue weighted by Crippen LogP contribution is 2.19. The van der Waals surface area contributed by atoms with Gasteiger partial charge >= 0.3 is 0 Å². The van der Waals surface area contributed by atoms with Gasteiger partial charge in [0.15, 0.2) is 5.96 Å². The van der Waals surface area contributed by atoms with E-state index in [0.29, 0.717) is 43.9 Å². The van der Waals surface area contributed by atoms with Crippen molar-refractivity contribution in [2.75, 3.05) is 33.3 Å². The Bertz CT molecular complexity index is 622. The summed E-state index contributed by atoms with van der Waals surface area (Å²) in [4.78, 5) is 16.1. The molecule has 1 saturated carbocycles. The Labute approximate surface area is 190 Å². The zero-order valence-electron chi connectivity index (χ0n) is 17.2. The van der Waals surface area contributed by atoms with Gasteiger partial charge in [0.1, 0.15) is 5.82 Å². The minimum Gasteiger partial charge on any atom is -0.376 e. The summed E-state index contributed by atoms with van der Waals surface area (Å²) in [6, 6.07) is 6.09. The van der Waals surface area contributed by atoms with Gasteiger partial charge < -0.3 is 20.7 Å². The van der Waals surface area contributed by atoms with Crippen molar-refractivity contribution >= 4 is 35.8 Å². The number of nitrogens with zero attached hydrogens (tertiary/aromatic N) is 1. The van der Waals surface area contributed by atoms with E-state index in [1.54, 1.807) is 19.2 Å². The lowest BCUT2D eigenvalue weighted by molar-refractivity contribution is -0.120. The van der Waals surface area contributed by atoms with Crippen LogP contribution < -0.4 is 16.0 Å². The lowest BCUT2D eigenvalue weighted by atomic mass is 10.1. The third kappa shape index (κ3) is 11.4. The molecule has 0 saturated heterocycles. The molecule has 1 aromatic rings. The van der Waals surface area contributed by atoms with Crippen LogP contribution in [-0.4, -0.2) is 51.3 Å². The van der Waals surface area contributed by atoms with E-state index in [0.717, 1.165) is 0 Å². The average molecular weight is 520 g/mol. The molecule has 1 aliphatic carbocycles. The van der Waals surface area contributed by atoms with Crippen molar-refractivity contribution in [3.63, 3.8) is 0 Å². The number of carbonyl (C=O) groups is 1. The third-order valence-electron chi connectivity index (χ3n) is 4.77. The highest BCUT2D eigenvalue weighted by Gasteiger charge is 2.12. The first-order valence-electron chi connectivity index (χ1n) is 10.2. The molecule has 0 radical (unpaired) electrons. The molecule has 164 valence electrons. The second-order valence-electron chi connectivity index (χ2n) is 7.07. The topological polar surface area (TPSA) is 74.8 Å². The molecule has 1 fully saturated rings. The smallest absolute Gasteiger partial charge is 0.224 e. The molecule has 8 heteroatoms. The Morgan fingerprint density at radius 3 is 2.48 bits per heavy atom. The maximum Gasteiger partial charge on any atom is 0.224 e. The van der Waals surface area contributed by atoms with Gasteiger partial charge in [-0.05, 0) is 30.5 Å². The van der Waals surface area contributed by atoms with Gasteiger partial charge in [0.25, 0.3) is 0 Å². The van der Waals surface area contributed by atoms with E-state index in [2.05, 4.69) is 20.9 Å². The van der Waals surface area contributed by atoms with E-state index in [4.69, 9.17) is 4.74 Å². The van der Waals surface area contributed by atoms with Gasteiger partial charge in [0.2, 0.25) is 5.91 Å². The van der Waals surface area contributed by atoms with Crippen LogP contribution in [0.25, 0.3) is 0 Å². The summed E-state index contributed by atoms with van der Waals surface area (Å²) < 4.78 is 19.1.